The molecule has 98 valence electrons. The molecule has 2 N–H and O–H groups in total. The monoisotopic (exact) mass is 258 g/mol. The number of aliphatic hydroxyl groups is 1. The minimum absolute atomic E-state index is 0.338. The van der Waals surface area contributed by atoms with Crippen LogP contribution in [0.2, 0.25) is 0 Å². The molecule has 0 aromatic heterocycles. The van der Waals surface area contributed by atoms with Crippen molar-refractivity contribution in [2.45, 2.75) is 25.2 Å². The standard InChI is InChI=1S/C12H13F3N2O/c1-8(17-7-11(18)12(13,14)15)10-4-2-9(6-16)3-5-10/h2-5,8,11,17-18H,7H2,1H3. The Balaban J connectivity index is 2.55. The molecule has 0 fully saturated rings. The first kappa shape index (κ1) is 14.5. The molecule has 1 aromatic rings. The fourth-order valence-corrected chi connectivity index (χ4v) is 1.37. The van der Waals surface area contributed by atoms with Crippen LogP contribution in [0.4, 0.5) is 13.2 Å². The molecule has 6 heteroatoms. The van der Waals surface area contributed by atoms with Crippen LogP contribution in [0.5, 0.6) is 0 Å². The van der Waals surface area contributed by atoms with Crippen molar-refractivity contribution in [2.75, 3.05) is 6.54 Å². The van der Waals surface area contributed by atoms with E-state index in [1.165, 1.54) is 0 Å². The molecule has 0 spiro atoms. The van der Waals surface area contributed by atoms with Crippen molar-refractivity contribution < 1.29 is 18.3 Å². The zero-order valence-electron chi connectivity index (χ0n) is 9.70. The summed E-state index contributed by atoms with van der Waals surface area (Å²) in [4.78, 5) is 0. The smallest absolute Gasteiger partial charge is 0.382 e. The predicted molar refractivity (Wildman–Crippen MR) is 59.6 cm³/mol. The molecule has 2 atom stereocenters. The Morgan fingerprint density at radius 2 is 1.89 bits per heavy atom. The van der Waals surface area contributed by atoms with Gasteiger partial charge >= 0.3 is 6.18 Å². The lowest BCUT2D eigenvalue weighted by atomic mass is 10.1. The fraction of sp³-hybridized carbons (Fsp3) is 0.417. The van der Waals surface area contributed by atoms with E-state index in [4.69, 9.17) is 10.4 Å². The van der Waals surface area contributed by atoms with Crippen LogP contribution >= 0.6 is 0 Å². The number of alkyl halides is 3. The number of nitriles is 1. The van der Waals surface area contributed by atoms with E-state index >= 15 is 0 Å². The summed E-state index contributed by atoms with van der Waals surface area (Å²) in [6.07, 6.45) is -6.99. The Kier molecular flexibility index (Phi) is 4.70. The minimum atomic E-state index is -4.61. The molecule has 0 aliphatic carbocycles. The van der Waals surface area contributed by atoms with Crippen molar-refractivity contribution in [1.29, 1.82) is 5.26 Å². The normalized spacial score (nSPS) is 14.9. The highest BCUT2D eigenvalue weighted by atomic mass is 19.4. The van der Waals surface area contributed by atoms with Crippen molar-refractivity contribution >= 4 is 0 Å². The number of aliphatic hydroxyl groups excluding tert-OH is 1. The van der Waals surface area contributed by atoms with E-state index in [-0.39, 0.29) is 6.04 Å². The van der Waals surface area contributed by atoms with Crippen LogP contribution < -0.4 is 5.32 Å². The summed E-state index contributed by atoms with van der Waals surface area (Å²) in [7, 11) is 0. The van der Waals surface area contributed by atoms with Gasteiger partial charge in [-0.25, -0.2) is 0 Å². The van der Waals surface area contributed by atoms with E-state index in [0.717, 1.165) is 5.56 Å². The molecule has 0 heterocycles. The molecule has 0 radical (unpaired) electrons. The lowest BCUT2D eigenvalue weighted by Crippen LogP contribution is -2.39. The number of hydrogen-bond donors (Lipinski definition) is 2. The number of nitrogens with zero attached hydrogens (tertiary/aromatic N) is 1. The predicted octanol–water partition coefficient (Wildman–Crippen LogP) is 2.13. The second-order valence-corrected chi connectivity index (χ2v) is 3.92. The molecule has 0 saturated heterocycles. The third-order valence-corrected chi connectivity index (χ3v) is 2.54. The summed E-state index contributed by atoms with van der Waals surface area (Å²) in [6, 6.07) is 8.12. The van der Waals surface area contributed by atoms with Crippen LogP contribution in [-0.4, -0.2) is 23.9 Å². The van der Waals surface area contributed by atoms with Gasteiger partial charge in [-0.3, -0.25) is 0 Å². The molecular formula is C12H13F3N2O. The third-order valence-electron chi connectivity index (χ3n) is 2.54. The Morgan fingerprint density at radius 1 is 1.33 bits per heavy atom. The molecule has 0 amide bonds. The van der Waals surface area contributed by atoms with Gasteiger partial charge in [0.15, 0.2) is 6.10 Å². The number of benzene rings is 1. The minimum Gasteiger partial charge on any atom is -0.382 e. The van der Waals surface area contributed by atoms with Gasteiger partial charge in [-0.05, 0) is 24.6 Å². The maximum Gasteiger partial charge on any atom is 0.415 e. The van der Waals surface area contributed by atoms with Crippen molar-refractivity contribution in [2.24, 2.45) is 0 Å². The zero-order chi connectivity index (χ0) is 13.8. The SMILES string of the molecule is CC(NCC(O)C(F)(F)F)c1ccc(C#N)cc1. The Hall–Kier alpha value is -1.58. The number of rotatable bonds is 4. The molecular weight excluding hydrogens is 245 g/mol. The average molecular weight is 258 g/mol. The number of halogens is 3. The van der Waals surface area contributed by atoms with Gasteiger partial charge in [0.05, 0.1) is 11.6 Å². The van der Waals surface area contributed by atoms with Gasteiger partial charge < -0.3 is 10.4 Å². The Labute approximate surface area is 103 Å². The summed E-state index contributed by atoms with van der Waals surface area (Å²) in [5.74, 6) is 0. The molecule has 1 aromatic carbocycles. The van der Waals surface area contributed by atoms with E-state index in [1.807, 2.05) is 6.07 Å². The lowest BCUT2D eigenvalue weighted by Gasteiger charge is -2.19. The molecule has 0 aliphatic heterocycles. The van der Waals surface area contributed by atoms with Gasteiger partial charge in [0, 0.05) is 12.6 Å². The molecule has 3 nitrogen and oxygen atoms in total. The van der Waals surface area contributed by atoms with Crippen LogP contribution in [0.25, 0.3) is 0 Å². The van der Waals surface area contributed by atoms with E-state index in [1.54, 1.807) is 31.2 Å². The highest BCUT2D eigenvalue weighted by Crippen LogP contribution is 2.20. The van der Waals surface area contributed by atoms with Gasteiger partial charge in [0.1, 0.15) is 0 Å². The highest BCUT2D eigenvalue weighted by molar-refractivity contribution is 5.32. The highest BCUT2D eigenvalue weighted by Gasteiger charge is 2.37. The summed E-state index contributed by atoms with van der Waals surface area (Å²) in [5, 5.41) is 20.0. The van der Waals surface area contributed by atoms with E-state index in [0.29, 0.717) is 5.56 Å². The first-order valence-electron chi connectivity index (χ1n) is 5.33. The van der Waals surface area contributed by atoms with Crippen molar-refractivity contribution in [3.63, 3.8) is 0 Å². The lowest BCUT2D eigenvalue weighted by molar-refractivity contribution is -0.202. The quantitative estimate of drug-likeness (QED) is 0.869. The van der Waals surface area contributed by atoms with Crippen LogP contribution in [0, 0.1) is 11.3 Å². The third kappa shape index (κ3) is 4.02. The van der Waals surface area contributed by atoms with E-state index in [2.05, 4.69) is 5.32 Å². The van der Waals surface area contributed by atoms with E-state index in [9.17, 15) is 13.2 Å². The first-order valence-corrected chi connectivity index (χ1v) is 5.33. The van der Waals surface area contributed by atoms with Gasteiger partial charge in [-0.1, -0.05) is 12.1 Å². The van der Waals surface area contributed by atoms with Crippen LogP contribution in [-0.2, 0) is 0 Å². The number of hydrogen-bond acceptors (Lipinski definition) is 3. The van der Waals surface area contributed by atoms with Crippen molar-refractivity contribution in [1.82, 2.24) is 5.32 Å². The molecule has 0 saturated carbocycles. The molecule has 0 aliphatic rings. The van der Waals surface area contributed by atoms with Gasteiger partial charge in [0.2, 0.25) is 0 Å². The van der Waals surface area contributed by atoms with Crippen LogP contribution in [0.15, 0.2) is 24.3 Å². The second kappa shape index (κ2) is 5.85. The van der Waals surface area contributed by atoms with Gasteiger partial charge in [0.25, 0.3) is 0 Å². The average Bonchev–Trinajstić information content (AvgIpc) is 2.34. The molecule has 18 heavy (non-hydrogen) atoms. The van der Waals surface area contributed by atoms with Crippen molar-refractivity contribution in [3.05, 3.63) is 35.4 Å². The van der Waals surface area contributed by atoms with E-state index < -0.39 is 18.8 Å². The summed E-state index contributed by atoms with van der Waals surface area (Å²) in [5.41, 5.74) is 1.24. The largest absolute Gasteiger partial charge is 0.415 e. The van der Waals surface area contributed by atoms with Crippen molar-refractivity contribution in [3.8, 4) is 6.07 Å². The van der Waals surface area contributed by atoms with Gasteiger partial charge in [-0.15, -0.1) is 0 Å². The first-order chi connectivity index (χ1) is 8.34. The maximum atomic E-state index is 12.1. The second-order valence-electron chi connectivity index (χ2n) is 3.92. The Bertz CT molecular complexity index is 422. The molecule has 0 bridgehead atoms. The topological polar surface area (TPSA) is 56.0 Å². The summed E-state index contributed by atoms with van der Waals surface area (Å²) >= 11 is 0. The van der Waals surface area contributed by atoms with Crippen LogP contribution in [0.3, 0.4) is 0 Å². The summed E-state index contributed by atoms with van der Waals surface area (Å²) < 4.78 is 36.2. The summed E-state index contributed by atoms with van der Waals surface area (Å²) in [6.45, 7) is 1.12. The molecule has 2 unspecified atom stereocenters. The number of nitrogens with one attached hydrogen (secondary N) is 1. The van der Waals surface area contributed by atoms with Crippen LogP contribution in [0.1, 0.15) is 24.1 Å². The zero-order valence-corrected chi connectivity index (χ0v) is 9.70. The fourth-order valence-electron chi connectivity index (χ4n) is 1.37. The molecule has 1 rings (SSSR count). The maximum absolute atomic E-state index is 12.1. The Morgan fingerprint density at radius 3 is 2.33 bits per heavy atom. The van der Waals surface area contributed by atoms with Gasteiger partial charge in [-0.2, -0.15) is 18.4 Å².